The van der Waals surface area contributed by atoms with Crippen molar-refractivity contribution >= 4 is 38.3 Å². The molecule has 0 aliphatic carbocycles. The molecule has 1 aliphatic rings. The average molecular weight is 386 g/mol. The van der Waals surface area contributed by atoms with Crippen LogP contribution in [0.1, 0.15) is 44.4 Å². The molecule has 1 fully saturated rings. The number of rotatable bonds is 1. The highest BCUT2D eigenvalue weighted by molar-refractivity contribution is 9.10. The van der Waals surface area contributed by atoms with Gasteiger partial charge in [0.1, 0.15) is 10.2 Å². The number of ether oxygens (including phenoxy) is 1. The molecule has 1 amide bonds. The zero-order valence-corrected chi connectivity index (χ0v) is 15.4. The second kappa shape index (κ2) is 5.85. The Bertz CT molecular complexity index is 649. The summed E-state index contributed by atoms with van der Waals surface area (Å²) in [6.07, 6.45) is 5.89. The van der Waals surface area contributed by atoms with E-state index in [2.05, 4.69) is 31.5 Å². The van der Waals surface area contributed by atoms with Crippen LogP contribution in [0.25, 0.3) is 4.96 Å². The van der Waals surface area contributed by atoms with Crippen molar-refractivity contribution in [1.29, 1.82) is 0 Å². The van der Waals surface area contributed by atoms with Gasteiger partial charge < -0.3 is 9.64 Å². The Hall–Kier alpha value is -1.08. The number of halogens is 1. The van der Waals surface area contributed by atoms with Gasteiger partial charge in [-0.2, -0.15) is 0 Å². The molecule has 22 heavy (non-hydrogen) atoms. The van der Waals surface area contributed by atoms with Crippen molar-refractivity contribution in [2.75, 3.05) is 13.1 Å². The number of likely N-dealkylation sites (tertiary alicyclic amines) is 1. The molecule has 3 rings (SSSR count). The van der Waals surface area contributed by atoms with Crippen molar-refractivity contribution in [3.8, 4) is 0 Å². The number of hydrogen-bond acceptors (Lipinski definition) is 4. The number of hydrogen-bond donors (Lipinski definition) is 0. The van der Waals surface area contributed by atoms with Gasteiger partial charge in [-0.15, -0.1) is 11.3 Å². The number of piperidine rings is 1. The van der Waals surface area contributed by atoms with Gasteiger partial charge in [-0.05, 0) is 55.5 Å². The summed E-state index contributed by atoms with van der Waals surface area (Å²) in [6, 6.07) is 0. The number of imidazole rings is 1. The van der Waals surface area contributed by atoms with Gasteiger partial charge in [0.05, 0.1) is 0 Å². The van der Waals surface area contributed by atoms with Gasteiger partial charge in [0, 0.05) is 30.4 Å². The minimum atomic E-state index is -0.430. The fourth-order valence-electron chi connectivity index (χ4n) is 2.65. The number of thiazole rings is 1. The predicted octanol–water partition coefficient (Wildman–Crippen LogP) is 4.27. The van der Waals surface area contributed by atoms with Crippen LogP contribution in [-0.2, 0) is 4.74 Å². The van der Waals surface area contributed by atoms with Crippen molar-refractivity contribution in [3.05, 3.63) is 21.9 Å². The first-order chi connectivity index (χ1) is 10.3. The van der Waals surface area contributed by atoms with Crippen LogP contribution in [-0.4, -0.2) is 39.1 Å². The van der Waals surface area contributed by atoms with Gasteiger partial charge in [-0.3, -0.25) is 4.40 Å². The number of fused-ring (bicyclic) bond motifs is 1. The number of amides is 1. The van der Waals surface area contributed by atoms with Crippen molar-refractivity contribution in [2.45, 2.75) is 45.1 Å². The molecule has 2 aromatic rings. The van der Waals surface area contributed by atoms with E-state index in [1.165, 1.54) is 4.88 Å². The molecule has 0 N–H and O–H groups in total. The summed E-state index contributed by atoms with van der Waals surface area (Å²) in [6.45, 7) is 7.21. The van der Waals surface area contributed by atoms with Crippen LogP contribution < -0.4 is 0 Å². The Labute approximate surface area is 142 Å². The zero-order chi connectivity index (χ0) is 15.9. The minimum Gasteiger partial charge on any atom is -0.444 e. The Morgan fingerprint density at radius 3 is 2.64 bits per heavy atom. The standard InChI is InChI=1S/C15H20BrN3O2S/c1-15(2,3)21-14(20)18-6-4-10(5-7-18)11-8-19-9-12(16)17-13(19)22-11/h8-10H,4-7H2,1-3H3. The maximum atomic E-state index is 12.1. The first kappa shape index (κ1) is 15.8. The summed E-state index contributed by atoms with van der Waals surface area (Å²) in [7, 11) is 0. The molecule has 3 heterocycles. The van der Waals surface area contributed by atoms with Crippen LogP contribution in [0, 0.1) is 0 Å². The van der Waals surface area contributed by atoms with Crippen LogP contribution in [0.4, 0.5) is 4.79 Å². The van der Waals surface area contributed by atoms with Crippen molar-refractivity contribution in [1.82, 2.24) is 14.3 Å². The lowest BCUT2D eigenvalue weighted by Gasteiger charge is -2.33. The molecule has 1 saturated heterocycles. The van der Waals surface area contributed by atoms with E-state index in [1.807, 2.05) is 31.9 Å². The van der Waals surface area contributed by atoms with Gasteiger partial charge in [0.2, 0.25) is 0 Å². The monoisotopic (exact) mass is 385 g/mol. The lowest BCUT2D eigenvalue weighted by Crippen LogP contribution is -2.41. The molecule has 0 unspecified atom stereocenters. The summed E-state index contributed by atoms with van der Waals surface area (Å²) in [4.78, 5) is 20.7. The van der Waals surface area contributed by atoms with Crippen molar-refractivity contribution in [3.63, 3.8) is 0 Å². The molecule has 0 radical (unpaired) electrons. The molecular weight excluding hydrogens is 366 g/mol. The van der Waals surface area contributed by atoms with Crippen LogP contribution in [0.2, 0.25) is 0 Å². The summed E-state index contributed by atoms with van der Waals surface area (Å²) in [5.41, 5.74) is -0.430. The van der Waals surface area contributed by atoms with Crippen molar-refractivity contribution in [2.24, 2.45) is 0 Å². The van der Waals surface area contributed by atoms with Crippen LogP contribution in [0.15, 0.2) is 17.0 Å². The Kier molecular flexibility index (Phi) is 4.20. The molecular formula is C15H20BrN3O2S. The van der Waals surface area contributed by atoms with E-state index in [9.17, 15) is 4.79 Å². The minimum absolute atomic E-state index is 0.198. The third-order valence-corrected chi connectivity index (χ3v) is 5.23. The molecule has 5 nitrogen and oxygen atoms in total. The van der Waals surface area contributed by atoms with Gasteiger partial charge in [-0.25, -0.2) is 9.78 Å². The highest BCUT2D eigenvalue weighted by atomic mass is 79.9. The quantitative estimate of drug-likeness (QED) is 0.735. The molecule has 0 spiro atoms. The van der Waals surface area contributed by atoms with Crippen molar-refractivity contribution < 1.29 is 9.53 Å². The smallest absolute Gasteiger partial charge is 0.410 e. The molecule has 7 heteroatoms. The van der Waals surface area contributed by atoms with E-state index in [0.717, 1.165) is 35.5 Å². The van der Waals surface area contributed by atoms with E-state index in [0.29, 0.717) is 5.92 Å². The highest BCUT2D eigenvalue weighted by Gasteiger charge is 2.28. The van der Waals surface area contributed by atoms with Gasteiger partial charge in [0.15, 0.2) is 4.96 Å². The molecule has 0 saturated carbocycles. The van der Waals surface area contributed by atoms with E-state index in [-0.39, 0.29) is 6.09 Å². The summed E-state index contributed by atoms with van der Waals surface area (Å²) >= 11 is 5.12. The molecule has 2 aromatic heterocycles. The summed E-state index contributed by atoms with van der Waals surface area (Å²) in [5.74, 6) is 0.504. The Balaban J connectivity index is 1.61. The Morgan fingerprint density at radius 1 is 1.36 bits per heavy atom. The van der Waals surface area contributed by atoms with Crippen LogP contribution in [0.3, 0.4) is 0 Å². The molecule has 120 valence electrons. The lowest BCUT2D eigenvalue weighted by molar-refractivity contribution is 0.0205. The first-order valence-electron chi connectivity index (χ1n) is 7.44. The number of carbonyl (C=O) groups excluding carboxylic acids is 1. The second-order valence-electron chi connectivity index (χ2n) is 6.63. The molecule has 1 aliphatic heterocycles. The zero-order valence-electron chi connectivity index (χ0n) is 13.0. The molecule has 0 bridgehead atoms. The Morgan fingerprint density at radius 2 is 2.05 bits per heavy atom. The predicted molar refractivity (Wildman–Crippen MR) is 90.6 cm³/mol. The maximum Gasteiger partial charge on any atom is 0.410 e. The van der Waals surface area contributed by atoms with Gasteiger partial charge in [0.25, 0.3) is 0 Å². The summed E-state index contributed by atoms with van der Waals surface area (Å²) < 4.78 is 8.36. The van der Waals surface area contributed by atoms with E-state index >= 15 is 0 Å². The van der Waals surface area contributed by atoms with Gasteiger partial charge in [-0.1, -0.05) is 0 Å². The second-order valence-corrected chi connectivity index (χ2v) is 8.48. The normalized spacial score (nSPS) is 17.2. The molecule has 0 aromatic carbocycles. The summed E-state index contributed by atoms with van der Waals surface area (Å²) in [5, 5.41) is 0. The SMILES string of the molecule is CC(C)(C)OC(=O)N1CCC(c2cn3cc(Br)nc3s2)CC1. The first-order valence-corrected chi connectivity index (χ1v) is 9.04. The fourth-order valence-corrected chi connectivity index (χ4v) is 4.29. The third kappa shape index (κ3) is 3.46. The third-order valence-electron chi connectivity index (χ3n) is 3.69. The fraction of sp³-hybridized carbons (Fsp3) is 0.600. The van der Waals surface area contributed by atoms with Crippen LogP contribution >= 0.6 is 27.3 Å². The van der Waals surface area contributed by atoms with Gasteiger partial charge >= 0.3 is 6.09 Å². The highest BCUT2D eigenvalue weighted by Crippen LogP contribution is 2.33. The van der Waals surface area contributed by atoms with E-state index < -0.39 is 5.60 Å². The number of aromatic nitrogens is 2. The number of carbonyl (C=O) groups is 1. The lowest BCUT2D eigenvalue weighted by atomic mass is 9.96. The maximum absolute atomic E-state index is 12.1. The largest absolute Gasteiger partial charge is 0.444 e. The van der Waals surface area contributed by atoms with Crippen LogP contribution in [0.5, 0.6) is 0 Å². The van der Waals surface area contributed by atoms with E-state index in [4.69, 9.17) is 4.74 Å². The molecule has 0 atom stereocenters. The number of nitrogens with zero attached hydrogens (tertiary/aromatic N) is 3. The van der Waals surface area contributed by atoms with E-state index in [1.54, 1.807) is 11.3 Å². The average Bonchev–Trinajstić information content (AvgIpc) is 2.94. The topological polar surface area (TPSA) is 46.8 Å².